The minimum Gasteiger partial charge on any atom is -0.493 e. The molecule has 0 saturated heterocycles. The molecular formula is C24H25FN2O5S. The number of hydrazone groups is 1. The summed E-state index contributed by atoms with van der Waals surface area (Å²) in [4.78, 5) is 25.1. The van der Waals surface area contributed by atoms with Crippen molar-refractivity contribution in [3.05, 3.63) is 58.7 Å². The Labute approximate surface area is 195 Å². The van der Waals surface area contributed by atoms with Crippen LogP contribution in [-0.2, 0) is 4.79 Å². The predicted molar refractivity (Wildman–Crippen MR) is 126 cm³/mol. The number of aliphatic hydroxyl groups is 1. The summed E-state index contributed by atoms with van der Waals surface area (Å²) in [7, 11) is 2.99. The van der Waals surface area contributed by atoms with Crippen LogP contribution >= 0.6 is 11.3 Å². The Kier molecular flexibility index (Phi) is 8.13. The maximum atomic E-state index is 13.9. The van der Waals surface area contributed by atoms with Crippen molar-refractivity contribution in [2.75, 3.05) is 27.4 Å². The van der Waals surface area contributed by atoms with Crippen LogP contribution in [0.2, 0.25) is 0 Å². The quantitative estimate of drug-likeness (QED) is 0.271. The van der Waals surface area contributed by atoms with E-state index in [1.807, 2.05) is 11.4 Å². The fourth-order valence-corrected chi connectivity index (χ4v) is 4.30. The van der Waals surface area contributed by atoms with Gasteiger partial charge in [-0.15, -0.1) is 11.3 Å². The number of methoxy groups -OCH3 is 1. The number of hydrogen-bond donors (Lipinski definition) is 1. The number of carbonyl (C=O) groups excluding carboxylic acids is 2. The lowest BCUT2D eigenvalue weighted by Gasteiger charge is -2.13. The number of fused-ring (bicyclic) bond motifs is 1. The number of benzene rings is 2. The molecular weight excluding hydrogens is 447 g/mol. The minimum absolute atomic E-state index is 0.00430. The van der Waals surface area contributed by atoms with E-state index >= 15 is 0 Å². The Morgan fingerprint density at radius 3 is 2.70 bits per heavy atom. The number of hydrogen-bond acceptors (Lipinski definition) is 7. The molecule has 7 nitrogen and oxygen atoms in total. The van der Waals surface area contributed by atoms with E-state index in [9.17, 15) is 14.0 Å². The zero-order chi connectivity index (χ0) is 24.0. The van der Waals surface area contributed by atoms with Crippen molar-refractivity contribution in [2.45, 2.75) is 19.8 Å². The van der Waals surface area contributed by atoms with Gasteiger partial charge in [-0.05, 0) is 31.2 Å². The first kappa shape index (κ1) is 24.3. The Hall–Kier alpha value is -3.30. The fourth-order valence-electron chi connectivity index (χ4n) is 3.28. The molecule has 0 aliphatic rings. The first-order valence-electron chi connectivity index (χ1n) is 10.3. The topological polar surface area (TPSA) is 88.4 Å². The largest absolute Gasteiger partial charge is 0.493 e. The fraction of sp³-hybridized carbons (Fsp3) is 0.292. The van der Waals surface area contributed by atoms with Gasteiger partial charge in [-0.1, -0.05) is 12.1 Å². The number of ketones is 1. The smallest absolute Gasteiger partial charge is 0.242 e. The standard InChI is InChI=1S/C24H25FN2O5S/c1-15(18-14-33-24-17(18)5-4-6-19(24)25)26-27(2)23(30)10-8-20(29)16-7-9-21(32-12-11-28)22(13-16)31-3/h4-7,9,13-14,28H,8,10-12H2,1-3H3/b26-15+. The Morgan fingerprint density at radius 1 is 1.18 bits per heavy atom. The van der Waals surface area contributed by atoms with Gasteiger partial charge < -0.3 is 14.6 Å². The lowest BCUT2D eigenvalue weighted by molar-refractivity contribution is -0.129. The van der Waals surface area contributed by atoms with Crippen molar-refractivity contribution in [3.63, 3.8) is 0 Å². The lowest BCUT2D eigenvalue weighted by Crippen LogP contribution is -2.23. The molecule has 0 aliphatic carbocycles. The van der Waals surface area contributed by atoms with E-state index in [1.54, 1.807) is 31.2 Å². The number of Topliss-reactive ketones (excluding diaryl/α,β-unsaturated/α-hetero) is 1. The third-order valence-electron chi connectivity index (χ3n) is 5.00. The molecule has 0 spiro atoms. The van der Waals surface area contributed by atoms with Crippen LogP contribution in [0.5, 0.6) is 11.5 Å². The second-order valence-corrected chi connectivity index (χ2v) is 8.11. The summed E-state index contributed by atoms with van der Waals surface area (Å²) in [5.74, 6) is -0.0295. The molecule has 0 bridgehead atoms. The van der Waals surface area contributed by atoms with E-state index in [4.69, 9.17) is 14.6 Å². The number of amides is 1. The van der Waals surface area contributed by atoms with E-state index in [0.717, 1.165) is 10.9 Å². The summed E-state index contributed by atoms with van der Waals surface area (Å²) in [5.41, 5.74) is 1.74. The average molecular weight is 473 g/mol. The molecule has 174 valence electrons. The molecule has 9 heteroatoms. The summed E-state index contributed by atoms with van der Waals surface area (Å²) in [6.07, 6.45) is -0.0134. The Morgan fingerprint density at radius 2 is 1.97 bits per heavy atom. The zero-order valence-electron chi connectivity index (χ0n) is 18.6. The minimum atomic E-state index is -0.316. The van der Waals surface area contributed by atoms with Gasteiger partial charge in [0.15, 0.2) is 17.3 Å². The van der Waals surface area contributed by atoms with Crippen molar-refractivity contribution in [2.24, 2.45) is 5.10 Å². The maximum Gasteiger partial charge on any atom is 0.242 e. The number of ether oxygens (including phenoxy) is 2. The number of halogens is 1. The molecule has 0 radical (unpaired) electrons. The average Bonchev–Trinajstić information content (AvgIpc) is 3.26. The molecule has 1 amide bonds. The molecule has 0 fully saturated rings. The van der Waals surface area contributed by atoms with Crippen molar-refractivity contribution >= 4 is 38.8 Å². The SMILES string of the molecule is COc1cc(C(=O)CCC(=O)N(C)/N=C(\C)c2csc3c(F)cccc23)ccc1OCCO. The van der Waals surface area contributed by atoms with Crippen LogP contribution in [0, 0.1) is 5.82 Å². The molecule has 0 atom stereocenters. The van der Waals surface area contributed by atoms with E-state index < -0.39 is 0 Å². The number of carbonyl (C=O) groups is 2. The number of thiophene rings is 1. The summed E-state index contributed by atoms with van der Waals surface area (Å²) >= 11 is 1.29. The number of rotatable bonds is 10. The van der Waals surface area contributed by atoms with Crippen LogP contribution in [0.4, 0.5) is 4.39 Å². The molecule has 3 aromatic rings. The van der Waals surface area contributed by atoms with Gasteiger partial charge in [-0.25, -0.2) is 9.40 Å². The summed E-state index contributed by atoms with van der Waals surface area (Å²) < 4.78 is 25.1. The third kappa shape index (κ3) is 5.74. The second kappa shape index (κ2) is 11.0. The van der Waals surface area contributed by atoms with Crippen LogP contribution < -0.4 is 9.47 Å². The van der Waals surface area contributed by atoms with Crippen LogP contribution in [-0.4, -0.2) is 54.9 Å². The van der Waals surface area contributed by atoms with Gasteiger partial charge in [-0.2, -0.15) is 5.10 Å². The highest BCUT2D eigenvalue weighted by Gasteiger charge is 2.16. The maximum absolute atomic E-state index is 13.9. The molecule has 2 aromatic carbocycles. The summed E-state index contributed by atoms with van der Waals surface area (Å²) in [6, 6.07) is 9.60. The zero-order valence-corrected chi connectivity index (χ0v) is 19.4. The van der Waals surface area contributed by atoms with Gasteiger partial charge in [0.2, 0.25) is 5.91 Å². The van der Waals surface area contributed by atoms with Gasteiger partial charge in [0.25, 0.3) is 0 Å². The van der Waals surface area contributed by atoms with Crippen molar-refractivity contribution in [1.82, 2.24) is 5.01 Å². The Balaban J connectivity index is 1.64. The normalized spacial score (nSPS) is 11.5. The highest BCUT2D eigenvalue weighted by atomic mass is 32.1. The molecule has 1 aromatic heterocycles. The van der Waals surface area contributed by atoms with Gasteiger partial charge in [0.05, 0.1) is 24.1 Å². The molecule has 0 saturated carbocycles. The summed E-state index contributed by atoms with van der Waals surface area (Å²) in [5, 5.41) is 17.0. The monoisotopic (exact) mass is 472 g/mol. The van der Waals surface area contributed by atoms with Crippen molar-refractivity contribution in [1.29, 1.82) is 0 Å². The highest BCUT2D eigenvalue weighted by molar-refractivity contribution is 7.17. The van der Waals surface area contributed by atoms with E-state index in [-0.39, 0.29) is 43.6 Å². The van der Waals surface area contributed by atoms with Crippen LogP contribution in [0.15, 0.2) is 46.9 Å². The first-order valence-corrected chi connectivity index (χ1v) is 11.2. The molecule has 33 heavy (non-hydrogen) atoms. The lowest BCUT2D eigenvalue weighted by atomic mass is 10.1. The molecule has 3 rings (SSSR count). The van der Waals surface area contributed by atoms with Gasteiger partial charge in [0, 0.05) is 41.8 Å². The molecule has 1 N–H and O–H groups in total. The van der Waals surface area contributed by atoms with Crippen LogP contribution in [0.3, 0.4) is 0 Å². The Bertz CT molecular complexity index is 1190. The van der Waals surface area contributed by atoms with Crippen LogP contribution in [0.25, 0.3) is 10.1 Å². The van der Waals surface area contributed by atoms with E-state index in [0.29, 0.717) is 27.5 Å². The second-order valence-electron chi connectivity index (χ2n) is 7.23. The third-order valence-corrected chi connectivity index (χ3v) is 6.01. The first-order chi connectivity index (χ1) is 15.8. The van der Waals surface area contributed by atoms with E-state index in [1.165, 1.54) is 36.6 Å². The van der Waals surface area contributed by atoms with Crippen molar-refractivity contribution < 1.29 is 28.6 Å². The van der Waals surface area contributed by atoms with Crippen molar-refractivity contribution in [3.8, 4) is 11.5 Å². The molecule has 0 unspecified atom stereocenters. The highest BCUT2D eigenvalue weighted by Crippen LogP contribution is 2.30. The molecule has 0 aliphatic heterocycles. The van der Waals surface area contributed by atoms with Gasteiger partial charge in [0.1, 0.15) is 12.4 Å². The van der Waals surface area contributed by atoms with Gasteiger partial charge >= 0.3 is 0 Å². The van der Waals surface area contributed by atoms with E-state index in [2.05, 4.69) is 5.10 Å². The van der Waals surface area contributed by atoms with Crippen LogP contribution in [0.1, 0.15) is 35.7 Å². The number of aliphatic hydroxyl groups excluding tert-OH is 1. The predicted octanol–water partition coefficient (Wildman–Crippen LogP) is 4.27. The summed E-state index contributed by atoms with van der Waals surface area (Å²) in [6.45, 7) is 1.73. The molecule has 1 heterocycles. The van der Waals surface area contributed by atoms with Gasteiger partial charge in [-0.3, -0.25) is 9.59 Å². The number of nitrogens with zero attached hydrogens (tertiary/aromatic N) is 2.